The van der Waals surface area contributed by atoms with Crippen LogP contribution in [0.25, 0.3) is 10.8 Å². The van der Waals surface area contributed by atoms with Crippen molar-refractivity contribution < 1.29 is 14.6 Å². The van der Waals surface area contributed by atoms with Crippen LogP contribution in [0.3, 0.4) is 0 Å². The van der Waals surface area contributed by atoms with Gasteiger partial charge in [-0.3, -0.25) is 4.79 Å². The molecule has 1 aliphatic heterocycles. The number of fused-ring (bicyclic) bond motifs is 1. The molecule has 2 aromatic carbocycles. The van der Waals surface area contributed by atoms with Crippen LogP contribution in [0.2, 0.25) is 0 Å². The molecule has 0 radical (unpaired) electrons. The van der Waals surface area contributed by atoms with Gasteiger partial charge in [-0.1, -0.05) is 30.3 Å². The van der Waals surface area contributed by atoms with Crippen LogP contribution in [-0.4, -0.2) is 47.5 Å². The summed E-state index contributed by atoms with van der Waals surface area (Å²) in [5, 5.41) is 18.9. The van der Waals surface area contributed by atoms with E-state index in [2.05, 4.69) is 10.6 Å². The molecule has 6 nitrogen and oxygen atoms in total. The molecule has 0 aliphatic carbocycles. The first-order valence-electron chi connectivity index (χ1n) is 10.1. The fraction of sp³-hybridized carbons (Fsp3) is 0.348. The number of carbonyl (C=O) groups excluding carboxylic acids is 1. The van der Waals surface area contributed by atoms with Gasteiger partial charge in [0.15, 0.2) is 0 Å². The number of ether oxygens (including phenoxy) is 1. The van der Waals surface area contributed by atoms with Crippen molar-refractivity contribution in [2.24, 2.45) is 0 Å². The van der Waals surface area contributed by atoms with Gasteiger partial charge in [0, 0.05) is 56.0 Å². The van der Waals surface area contributed by atoms with Crippen molar-refractivity contribution in [3.8, 4) is 0 Å². The van der Waals surface area contributed by atoms with Gasteiger partial charge in [0.25, 0.3) is 5.91 Å². The van der Waals surface area contributed by atoms with Gasteiger partial charge >= 0.3 is 0 Å². The molecule has 3 N–H and O–H groups in total. The Bertz CT molecular complexity index is 930. The first kappa shape index (κ1) is 19.5. The zero-order chi connectivity index (χ0) is 20.1. The summed E-state index contributed by atoms with van der Waals surface area (Å²) in [6.45, 7) is 2.17. The number of nitrogens with one attached hydrogen (secondary N) is 2. The Hall–Kier alpha value is -2.83. The first-order valence-corrected chi connectivity index (χ1v) is 10.1. The molecular weight excluding hydrogens is 366 g/mol. The average Bonchev–Trinajstić information content (AvgIpc) is 3.15. The van der Waals surface area contributed by atoms with Crippen molar-refractivity contribution in [3.63, 3.8) is 0 Å². The Morgan fingerprint density at radius 1 is 1.10 bits per heavy atom. The molecule has 0 spiro atoms. The number of aromatic nitrogens is 1. The molecule has 1 saturated heterocycles. The Morgan fingerprint density at radius 2 is 1.83 bits per heavy atom. The van der Waals surface area contributed by atoms with Gasteiger partial charge in [-0.2, -0.15) is 0 Å². The number of hydrogen-bond donors (Lipinski definition) is 3. The molecule has 6 heteroatoms. The smallest absolute Gasteiger partial charge is 0.251 e. The van der Waals surface area contributed by atoms with E-state index in [4.69, 9.17) is 4.74 Å². The van der Waals surface area contributed by atoms with Gasteiger partial charge in [0.1, 0.15) is 0 Å². The van der Waals surface area contributed by atoms with E-state index in [0.717, 1.165) is 42.5 Å². The van der Waals surface area contributed by atoms with E-state index in [0.29, 0.717) is 18.2 Å². The number of hydrogen-bond acceptors (Lipinski definition) is 4. The molecule has 152 valence electrons. The second kappa shape index (κ2) is 9.11. The molecular formula is C23H27N3O3. The maximum absolute atomic E-state index is 12.5. The third kappa shape index (κ3) is 5.16. The van der Waals surface area contributed by atoms with E-state index in [9.17, 15) is 9.90 Å². The highest BCUT2D eigenvalue weighted by molar-refractivity contribution is 5.95. The van der Waals surface area contributed by atoms with Crippen molar-refractivity contribution in [2.45, 2.75) is 31.5 Å². The SMILES string of the molecule is O=C(NCC(O)Cn1cc2ccccc2c1)c1cccc(NC2CCOCC2)c1. The minimum absolute atomic E-state index is 0.183. The van der Waals surface area contributed by atoms with E-state index < -0.39 is 6.10 Å². The summed E-state index contributed by atoms with van der Waals surface area (Å²) in [7, 11) is 0. The Labute approximate surface area is 170 Å². The normalized spacial score (nSPS) is 15.9. The van der Waals surface area contributed by atoms with E-state index in [-0.39, 0.29) is 12.5 Å². The van der Waals surface area contributed by atoms with Gasteiger partial charge in [0.2, 0.25) is 0 Å². The topological polar surface area (TPSA) is 75.5 Å². The van der Waals surface area contributed by atoms with E-state index in [1.807, 2.05) is 59.4 Å². The van der Waals surface area contributed by atoms with Crippen LogP contribution in [0.5, 0.6) is 0 Å². The molecule has 0 bridgehead atoms. The van der Waals surface area contributed by atoms with Crippen LogP contribution in [-0.2, 0) is 11.3 Å². The lowest BCUT2D eigenvalue weighted by Gasteiger charge is -2.24. The monoisotopic (exact) mass is 393 g/mol. The van der Waals surface area contributed by atoms with Crippen LogP contribution >= 0.6 is 0 Å². The lowest BCUT2D eigenvalue weighted by molar-refractivity contribution is 0.0899. The van der Waals surface area contributed by atoms with Crippen LogP contribution < -0.4 is 10.6 Å². The molecule has 1 aromatic heterocycles. The fourth-order valence-corrected chi connectivity index (χ4v) is 3.69. The number of amides is 1. The molecule has 1 aliphatic rings. The number of carbonyl (C=O) groups is 1. The second-order valence-electron chi connectivity index (χ2n) is 7.56. The zero-order valence-electron chi connectivity index (χ0n) is 16.4. The minimum atomic E-state index is -0.663. The molecule has 1 amide bonds. The predicted octanol–water partition coefficient (Wildman–Crippen LogP) is 3.02. The summed E-state index contributed by atoms with van der Waals surface area (Å²) in [6.07, 6.45) is 5.29. The standard InChI is InChI=1S/C23H27N3O3/c27-22(16-26-14-18-4-1-2-5-19(18)15-26)13-24-23(28)17-6-3-7-21(12-17)25-20-8-10-29-11-9-20/h1-7,12,14-15,20,22,25,27H,8-11,13,16H2,(H,24,28). The van der Waals surface area contributed by atoms with Gasteiger partial charge in [0.05, 0.1) is 6.10 Å². The number of rotatable bonds is 7. The maximum Gasteiger partial charge on any atom is 0.251 e. The fourth-order valence-electron chi connectivity index (χ4n) is 3.69. The summed E-state index contributed by atoms with van der Waals surface area (Å²) >= 11 is 0. The highest BCUT2D eigenvalue weighted by atomic mass is 16.5. The Kier molecular flexibility index (Phi) is 6.12. The van der Waals surface area contributed by atoms with Gasteiger partial charge in [-0.15, -0.1) is 0 Å². The summed E-state index contributed by atoms with van der Waals surface area (Å²) in [6, 6.07) is 15.9. The van der Waals surface area contributed by atoms with Crippen molar-refractivity contribution >= 4 is 22.4 Å². The predicted molar refractivity (Wildman–Crippen MR) is 114 cm³/mol. The summed E-state index contributed by atoms with van der Waals surface area (Å²) in [4.78, 5) is 12.5. The van der Waals surface area contributed by atoms with Crippen molar-refractivity contribution in [1.82, 2.24) is 9.88 Å². The number of aliphatic hydroxyl groups is 1. The van der Waals surface area contributed by atoms with Crippen molar-refractivity contribution in [2.75, 3.05) is 25.1 Å². The van der Waals surface area contributed by atoms with E-state index in [1.54, 1.807) is 6.07 Å². The molecule has 0 saturated carbocycles. The lowest BCUT2D eigenvalue weighted by atomic mass is 10.1. The maximum atomic E-state index is 12.5. The van der Waals surface area contributed by atoms with Gasteiger partial charge < -0.3 is 25.0 Å². The molecule has 1 fully saturated rings. The number of nitrogens with zero attached hydrogens (tertiary/aromatic N) is 1. The Balaban J connectivity index is 1.30. The largest absolute Gasteiger partial charge is 0.389 e. The summed E-state index contributed by atoms with van der Waals surface area (Å²) in [5.41, 5.74) is 1.52. The molecule has 1 atom stereocenters. The first-order chi connectivity index (χ1) is 14.2. The lowest BCUT2D eigenvalue weighted by Crippen LogP contribution is -2.34. The average molecular weight is 393 g/mol. The van der Waals surface area contributed by atoms with Gasteiger partial charge in [-0.25, -0.2) is 0 Å². The van der Waals surface area contributed by atoms with Gasteiger partial charge in [-0.05, 0) is 41.8 Å². The van der Waals surface area contributed by atoms with E-state index >= 15 is 0 Å². The molecule has 1 unspecified atom stereocenters. The van der Waals surface area contributed by atoms with Crippen LogP contribution in [0.1, 0.15) is 23.2 Å². The Morgan fingerprint density at radius 3 is 2.55 bits per heavy atom. The van der Waals surface area contributed by atoms with Crippen LogP contribution in [0, 0.1) is 0 Å². The highest BCUT2D eigenvalue weighted by Crippen LogP contribution is 2.17. The third-order valence-corrected chi connectivity index (χ3v) is 5.24. The van der Waals surface area contributed by atoms with E-state index in [1.165, 1.54) is 0 Å². The van der Waals surface area contributed by atoms with Crippen molar-refractivity contribution in [1.29, 1.82) is 0 Å². The summed E-state index contributed by atoms with van der Waals surface area (Å²) < 4.78 is 7.34. The molecule has 4 rings (SSSR count). The third-order valence-electron chi connectivity index (χ3n) is 5.24. The molecule has 3 aromatic rings. The van der Waals surface area contributed by atoms with Crippen LogP contribution in [0.4, 0.5) is 5.69 Å². The highest BCUT2D eigenvalue weighted by Gasteiger charge is 2.15. The quantitative estimate of drug-likeness (QED) is 0.577. The second-order valence-corrected chi connectivity index (χ2v) is 7.56. The molecule has 29 heavy (non-hydrogen) atoms. The molecule has 2 heterocycles. The minimum Gasteiger partial charge on any atom is -0.389 e. The summed E-state index contributed by atoms with van der Waals surface area (Å²) in [5.74, 6) is -0.183. The number of anilines is 1. The number of benzene rings is 2. The van der Waals surface area contributed by atoms with Crippen molar-refractivity contribution in [3.05, 3.63) is 66.5 Å². The number of aliphatic hydroxyl groups excluding tert-OH is 1. The van der Waals surface area contributed by atoms with Crippen LogP contribution in [0.15, 0.2) is 60.9 Å². The zero-order valence-corrected chi connectivity index (χ0v) is 16.4.